The van der Waals surface area contributed by atoms with Crippen molar-refractivity contribution in [2.45, 2.75) is 37.5 Å². The van der Waals surface area contributed by atoms with Gasteiger partial charge in [0, 0.05) is 35.2 Å². The van der Waals surface area contributed by atoms with E-state index in [1.165, 1.54) is 17.4 Å². The highest BCUT2D eigenvalue weighted by Gasteiger charge is 2.14. The molecule has 2 rings (SSSR count). The summed E-state index contributed by atoms with van der Waals surface area (Å²) in [7, 11) is 0. The minimum atomic E-state index is -0.156. The summed E-state index contributed by atoms with van der Waals surface area (Å²) in [6.45, 7) is 8.74. The van der Waals surface area contributed by atoms with Gasteiger partial charge in [-0.15, -0.1) is 11.8 Å². The van der Waals surface area contributed by atoms with Gasteiger partial charge in [0.15, 0.2) is 0 Å². The van der Waals surface area contributed by atoms with Gasteiger partial charge in [0.2, 0.25) is 5.91 Å². The molecule has 0 unspecified atom stereocenters. The average Bonchev–Trinajstić information content (AvgIpc) is 2.63. The van der Waals surface area contributed by atoms with E-state index in [-0.39, 0.29) is 11.2 Å². The van der Waals surface area contributed by atoms with E-state index in [1.807, 2.05) is 31.2 Å². The second-order valence-corrected chi connectivity index (χ2v) is 7.62. The summed E-state index contributed by atoms with van der Waals surface area (Å²) in [4.78, 5) is 15.6. The van der Waals surface area contributed by atoms with Crippen LogP contribution in [0.5, 0.6) is 0 Å². The number of rotatable bonds is 8. The Labute approximate surface area is 159 Å². The molecule has 0 aliphatic heterocycles. The predicted molar refractivity (Wildman–Crippen MR) is 109 cm³/mol. The lowest BCUT2D eigenvalue weighted by molar-refractivity contribution is -0.120. The van der Waals surface area contributed by atoms with Crippen molar-refractivity contribution in [1.82, 2.24) is 5.32 Å². The molecule has 0 aliphatic rings. The molecule has 0 spiro atoms. The number of nitrogens with zero attached hydrogens (tertiary/aromatic N) is 1. The topological polar surface area (TPSA) is 32.3 Å². The summed E-state index contributed by atoms with van der Waals surface area (Å²) < 4.78 is 0. The third kappa shape index (κ3) is 5.98. The number of hydrogen-bond acceptors (Lipinski definition) is 3. The largest absolute Gasteiger partial charge is 0.372 e. The van der Waals surface area contributed by atoms with Crippen LogP contribution in [0.15, 0.2) is 53.4 Å². The molecule has 2 aromatic rings. The lowest BCUT2D eigenvalue weighted by Crippen LogP contribution is -2.30. The molecule has 0 aromatic heterocycles. The predicted octanol–water partition coefficient (Wildman–Crippen LogP) is 4.98. The number of amides is 1. The van der Waals surface area contributed by atoms with Crippen molar-refractivity contribution in [3.63, 3.8) is 0 Å². The van der Waals surface area contributed by atoms with Crippen molar-refractivity contribution in [1.29, 1.82) is 0 Å². The van der Waals surface area contributed by atoms with Crippen molar-refractivity contribution in [3.8, 4) is 0 Å². The minimum Gasteiger partial charge on any atom is -0.372 e. The van der Waals surface area contributed by atoms with E-state index < -0.39 is 0 Å². The summed E-state index contributed by atoms with van der Waals surface area (Å²) in [5.41, 5.74) is 2.32. The van der Waals surface area contributed by atoms with Crippen LogP contribution in [0.4, 0.5) is 5.69 Å². The van der Waals surface area contributed by atoms with Gasteiger partial charge in [-0.25, -0.2) is 0 Å². The first-order valence-corrected chi connectivity index (χ1v) is 9.83. The van der Waals surface area contributed by atoms with Gasteiger partial charge in [-0.1, -0.05) is 23.7 Å². The van der Waals surface area contributed by atoms with Gasteiger partial charge in [-0.2, -0.15) is 0 Å². The van der Waals surface area contributed by atoms with Crippen LogP contribution in [0.1, 0.15) is 26.3 Å². The van der Waals surface area contributed by atoms with Crippen LogP contribution in [0.2, 0.25) is 5.02 Å². The second kappa shape index (κ2) is 9.73. The van der Waals surface area contributed by atoms with Gasteiger partial charge in [0.1, 0.15) is 0 Å². The first-order valence-electron chi connectivity index (χ1n) is 8.57. The molecule has 2 aromatic carbocycles. The average molecular weight is 377 g/mol. The highest BCUT2D eigenvalue weighted by atomic mass is 35.5. The molecule has 0 heterocycles. The summed E-state index contributed by atoms with van der Waals surface area (Å²) in [6, 6.07) is 15.9. The Kier molecular flexibility index (Phi) is 7.66. The smallest absolute Gasteiger partial charge is 0.233 e. The van der Waals surface area contributed by atoms with Crippen molar-refractivity contribution in [3.05, 3.63) is 59.1 Å². The summed E-state index contributed by atoms with van der Waals surface area (Å²) in [6.07, 6.45) is 0. The third-order valence-corrected chi connectivity index (χ3v) is 5.39. The molecule has 3 nitrogen and oxygen atoms in total. The molecule has 0 saturated heterocycles. The number of halogens is 1. The van der Waals surface area contributed by atoms with Gasteiger partial charge in [-0.05, 0) is 62.7 Å². The lowest BCUT2D eigenvalue weighted by atomic mass is 10.2. The number of carbonyl (C=O) groups excluding carboxylic acids is 1. The fraction of sp³-hybridized carbons (Fsp3) is 0.350. The molecule has 1 atom stereocenters. The van der Waals surface area contributed by atoms with Gasteiger partial charge in [-0.3, -0.25) is 4.79 Å². The molecule has 25 heavy (non-hydrogen) atoms. The molecule has 0 fully saturated rings. The zero-order valence-electron chi connectivity index (χ0n) is 15.0. The van der Waals surface area contributed by atoms with E-state index in [0.717, 1.165) is 23.5 Å². The van der Waals surface area contributed by atoms with E-state index >= 15 is 0 Å². The van der Waals surface area contributed by atoms with Crippen LogP contribution in [0.25, 0.3) is 0 Å². The molecule has 0 aliphatic carbocycles. The van der Waals surface area contributed by atoms with Crippen LogP contribution in [-0.4, -0.2) is 24.2 Å². The van der Waals surface area contributed by atoms with Gasteiger partial charge in [0.25, 0.3) is 0 Å². The molecule has 1 amide bonds. The Morgan fingerprint density at radius 2 is 1.68 bits per heavy atom. The highest BCUT2D eigenvalue weighted by Crippen LogP contribution is 2.24. The van der Waals surface area contributed by atoms with Crippen molar-refractivity contribution in [2.24, 2.45) is 0 Å². The van der Waals surface area contributed by atoms with Gasteiger partial charge < -0.3 is 10.2 Å². The van der Waals surface area contributed by atoms with Crippen molar-refractivity contribution in [2.75, 3.05) is 18.0 Å². The van der Waals surface area contributed by atoms with Gasteiger partial charge >= 0.3 is 0 Å². The van der Waals surface area contributed by atoms with Crippen molar-refractivity contribution < 1.29 is 4.79 Å². The number of benzene rings is 2. The molecular formula is C20H25ClN2OS. The van der Waals surface area contributed by atoms with Crippen LogP contribution in [0.3, 0.4) is 0 Å². The summed E-state index contributed by atoms with van der Waals surface area (Å²) in [5.74, 6) is 0.0350. The Bertz CT molecular complexity index is 669. The number of nitrogens with one attached hydrogen (secondary N) is 1. The van der Waals surface area contributed by atoms with Gasteiger partial charge in [0.05, 0.1) is 5.25 Å². The van der Waals surface area contributed by atoms with E-state index in [0.29, 0.717) is 11.6 Å². The fourth-order valence-corrected chi connectivity index (χ4v) is 3.53. The van der Waals surface area contributed by atoms with E-state index in [4.69, 9.17) is 11.6 Å². The van der Waals surface area contributed by atoms with Crippen LogP contribution < -0.4 is 10.2 Å². The van der Waals surface area contributed by atoms with Crippen LogP contribution in [0, 0.1) is 0 Å². The molecule has 0 bridgehead atoms. The van der Waals surface area contributed by atoms with E-state index in [2.05, 4.69) is 48.3 Å². The second-order valence-electron chi connectivity index (χ2n) is 5.77. The Hall–Kier alpha value is -1.65. The summed E-state index contributed by atoms with van der Waals surface area (Å²) in [5, 5.41) is 3.55. The molecule has 134 valence electrons. The maximum absolute atomic E-state index is 12.3. The number of anilines is 1. The zero-order valence-corrected chi connectivity index (χ0v) is 16.5. The first kappa shape index (κ1) is 19.7. The van der Waals surface area contributed by atoms with E-state index in [1.54, 1.807) is 0 Å². The summed E-state index contributed by atoms with van der Waals surface area (Å²) >= 11 is 7.42. The monoisotopic (exact) mass is 376 g/mol. The standard InChI is InChI=1S/C20H25ClN2OS/c1-4-23(5-2)18-10-6-16(7-11-18)14-22-20(24)15(3)25-19-12-8-17(21)9-13-19/h6-13,15H,4-5,14H2,1-3H3,(H,22,24)/t15-/m1/s1. The zero-order chi connectivity index (χ0) is 18.2. The molecular weight excluding hydrogens is 352 g/mol. The Balaban J connectivity index is 1.85. The maximum Gasteiger partial charge on any atom is 0.233 e. The fourth-order valence-electron chi connectivity index (χ4n) is 2.52. The lowest BCUT2D eigenvalue weighted by Gasteiger charge is -2.21. The SMILES string of the molecule is CCN(CC)c1ccc(CNC(=O)[C@@H](C)Sc2ccc(Cl)cc2)cc1. The quantitative estimate of drug-likeness (QED) is 0.659. The van der Waals surface area contributed by atoms with E-state index in [9.17, 15) is 4.79 Å². The minimum absolute atomic E-state index is 0.0350. The molecule has 0 radical (unpaired) electrons. The Morgan fingerprint density at radius 1 is 1.08 bits per heavy atom. The normalized spacial score (nSPS) is 11.8. The molecule has 0 saturated carbocycles. The highest BCUT2D eigenvalue weighted by molar-refractivity contribution is 8.00. The van der Waals surface area contributed by atoms with Crippen LogP contribution in [-0.2, 0) is 11.3 Å². The number of hydrogen-bond donors (Lipinski definition) is 1. The third-order valence-electron chi connectivity index (χ3n) is 4.03. The first-order chi connectivity index (χ1) is 12.0. The number of carbonyl (C=O) groups is 1. The molecule has 1 N–H and O–H groups in total. The Morgan fingerprint density at radius 3 is 2.24 bits per heavy atom. The maximum atomic E-state index is 12.3. The van der Waals surface area contributed by atoms with Crippen LogP contribution >= 0.6 is 23.4 Å². The molecule has 5 heteroatoms. The number of thioether (sulfide) groups is 1. The van der Waals surface area contributed by atoms with Crippen molar-refractivity contribution >= 4 is 35.0 Å².